The number of fused-ring (bicyclic) bond motifs is 1. The minimum absolute atomic E-state index is 0.181. The quantitative estimate of drug-likeness (QED) is 0.414. The molecule has 5 rings (SSSR count). The number of hydrogen-bond acceptors (Lipinski definition) is 8. The molecule has 2 fully saturated rings. The van der Waals surface area contributed by atoms with Crippen LogP contribution in [0.4, 0.5) is 21.1 Å². The molecule has 218 valence electrons. The second-order valence-corrected chi connectivity index (χ2v) is 10.7. The maximum Gasteiger partial charge on any atom is 0.414 e. The lowest BCUT2D eigenvalue weighted by atomic mass is 9.77. The van der Waals surface area contributed by atoms with Gasteiger partial charge >= 0.3 is 12.1 Å². The van der Waals surface area contributed by atoms with Gasteiger partial charge in [0, 0.05) is 64.8 Å². The van der Waals surface area contributed by atoms with Crippen molar-refractivity contribution in [3.05, 3.63) is 42.4 Å². The monoisotopic (exact) mass is 564 g/mol. The zero-order chi connectivity index (χ0) is 29.0. The number of amides is 4. The molecule has 0 saturated carbocycles. The molecule has 0 bridgehead atoms. The van der Waals surface area contributed by atoms with Crippen LogP contribution in [0.15, 0.2) is 36.8 Å². The van der Waals surface area contributed by atoms with Crippen molar-refractivity contribution in [1.29, 1.82) is 0 Å². The maximum absolute atomic E-state index is 13.9. The van der Waals surface area contributed by atoms with E-state index in [0.717, 1.165) is 22.4 Å². The van der Waals surface area contributed by atoms with Crippen LogP contribution in [0.5, 0.6) is 5.75 Å². The molecule has 2 saturated heterocycles. The molecule has 13 heteroatoms. The molecule has 0 aliphatic carbocycles. The van der Waals surface area contributed by atoms with Crippen LogP contribution >= 0.6 is 0 Å². The number of nitrogens with zero attached hydrogens (tertiary/aromatic N) is 5. The van der Waals surface area contributed by atoms with Gasteiger partial charge in [-0.1, -0.05) is 6.07 Å². The molecular formula is C28H36N8O5. The summed E-state index contributed by atoms with van der Waals surface area (Å²) in [4.78, 5) is 56.2. The molecule has 0 unspecified atom stereocenters. The van der Waals surface area contributed by atoms with Crippen LogP contribution in [0.25, 0.3) is 11.0 Å². The molecule has 41 heavy (non-hydrogen) atoms. The fourth-order valence-corrected chi connectivity index (χ4v) is 5.18. The Balaban J connectivity index is 1.34. The van der Waals surface area contributed by atoms with Gasteiger partial charge in [-0.15, -0.1) is 0 Å². The molecule has 2 aromatic heterocycles. The van der Waals surface area contributed by atoms with Gasteiger partial charge in [-0.3, -0.25) is 4.79 Å². The predicted octanol–water partition coefficient (Wildman–Crippen LogP) is 2.59. The first-order valence-corrected chi connectivity index (χ1v) is 13.7. The Morgan fingerprint density at radius 2 is 1.88 bits per heavy atom. The smallest absolute Gasteiger partial charge is 0.410 e. The van der Waals surface area contributed by atoms with E-state index >= 15 is 0 Å². The van der Waals surface area contributed by atoms with Gasteiger partial charge < -0.3 is 39.8 Å². The van der Waals surface area contributed by atoms with Crippen molar-refractivity contribution in [3.63, 3.8) is 0 Å². The summed E-state index contributed by atoms with van der Waals surface area (Å²) in [6.07, 6.45) is 3.93. The van der Waals surface area contributed by atoms with Crippen LogP contribution in [0, 0.1) is 12.3 Å². The SMILES string of the molecule is Cc1c[nH]c2ncnc(N3CCC(CNC(=O)N4CCOCC4)(C(=O)Nc4cccc(OC(=O)N(C)C)c4)CC3)c12. The van der Waals surface area contributed by atoms with Gasteiger partial charge in [0.2, 0.25) is 5.91 Å². The lowest BCUT2D eigenvalue weighted by Gasteiger charge is -2.41. The van der Waals surface area contributed by atoms with Crippen molar-refractivity contribution in [1.82, 2.24) is 30.1 Å². The zero-order valence-corrected chi connectivity index (χ0v) is 23.6. The van der Waals surface area contributed by atoms with E-state index in [2.05, 4.69) is 30.5 Å². The fourth-order valence-electron chi connectivity index (χ4n) is 5.18. The number of rotatable bonds is 6. The first-order chi connectivity index (χ1) is 19.8. The van der Waals surface area contributed by atoms with Gasteiger partial charge in [0.25, 0.3) is 0 Å². The maximum atomic E-state index is 13.9. The first-order valence-electron chi connectivity index (χ1n) is 13.7. The number of aromatic nitrogens is 3. The Hall–Kier alpha value is -4.39. The van der Waals surface area contributed by atoms with E-state index in [1.54, 1.807) is 49.6 Å². The highest BCUT2D eigenvalue weighted by atomic mass is 16.6. The number of aryl methyl sites for hydroxylation is 1. The van der Waals surface area contributed by atoms with Crippen molar-refractivity contribution < 1.29 is 23.9 Å². The van der Waals surface area contributed by atoms with Gasteiger partial charge in [0.1, 0.15) is 23.5 Å². The van der Waals surface area contributed by atoms with Gasteiger partial charge in [0.15, 0.2) is 0 Å². The first kappa shape index (κ1) is 28.1. The summed E-state index contributed by atoms with van der Waals surface area (Å²) in [5, 5.41) is 6.99. The van der Waals surface area contributed by atoms with E-state index in [9.17, 15) is 14.4 Å². The fraction of sp³-hybridized carbons (Fsp3) is 0.464. The number of H-pyrrole nitrogens is 1. The highest BCUT2D eigenvalue weighted by Crippen LogP contribution is 2.36. The van der Waals surface area contributed by atoms with E-state index in [1.165, 1.54) is 4.90 Å². The van der Waals surface area contributed by atoms with Crippen LogP contribution in [0.1, 0.15) is 18.4 Å². The second kappa shape index (κ2) is 12.0. The van der Waals surface area contributed by atoms with Gasteiger partial charge in [-0.25, -0.2) is 19.6 Å². The van der Waals surface area contributed by atoms with Gasteiger partial charge in [-0.2, -0.15) is 0 Å². The van der Waals surface area contributed by atoms with Gasteiger partial charge in [0.05, 0.1) is 24.0 Å². The third kappa shape index (κ3) is 6.19. The minimum atomic E-state index is -0.867. The number of morpholine rings is 1. The highest BCUT2D eigenvalue weighted by molar-refractivity contribution is 5.96. The summed E-state index contributed by atoms with van der Waals surface area (Å²) in [6, 6.07) is 6.51. The molecule has 4 heterocycles. The van der Waals surface area contributed by atoms with E-state index in [0.29, 0.717) is 63.7 Å². The number of carbonyl (C=O) groups is 3. The summed E-state index contributed by atoms with van der Waals surface area (Å²) in [5.41, 5.74) is 1.46. The molecular weight excluding hydrogens is 528 g/mol. The number of piperidine rings is 1. The average Bonchev–Trinajstić information content (AvgIpc) is 3.37. The Bertz CT molecular complexity index is 1410. The zero-order valence-electron chi connectivity index (χ0n) is 23.6. The summed E-state index contributed by atoms with van der Waals surface area (Å²) in [6.45, 7) is 5.34. The molecule has 0 radical (unpaired) electrons. The topological polar surface area (TPSA) is 145 Å². The summed E-state index contributed by atoms with van der Waals surface area (Å²) < 4.78 is 10.7. The predicted molar refractivity (Wildman–Crippen MR) is 153 cm³/mol. The number of ether oxygens (including phenoxy) is 2. The third-order valence-corrected chi connectivity index (χ3v) is 7.69. The van der Waals surface area contributed by atoms with E-state index < -0.39 is 11.5 Å². The third-order valence-electron chi connectivity index (χ3n) is 7.69. The number of anilines is 2. The normalized spacial score (nSPS) is 16.8. The molecule has 2 aliphatic heterocycles. The van der Waals surface area contributed by atoms with E-state index in [4.69, 9.17) is 9.47 Å². The van der Waals surface area contributed by atoms with Gasteiger partial charge in [-0.05, 0) is 37.5 Å². The standard InChI is InChI=1S/C28H36N8O5/c1-19-16-29-23-22(19)24(32-18-31-23)35-9-7-28(8-10-35,17-30-26(38)36-11-13-40-14-12-36)25(37)33-20-5-4-6-21(15-20)41-27(39)34(2)3/h4-6,15-16,18H,7-14,17H2,1-3H3,(H,30,38)(H,33,37)(H,29,31,32). The minimum Gasteiger partial charge on any atom is -0.410 e. The van der Waals surface area contributed by atoms with Crippen molar-refractivity contribution in [2.75, 3.05) is 70.2 Å². The number of nitrogens with one attached hydrogen (secondary N) is 3. The Labute approximate surface area is 238 Å². The van der Waals surface area contributed by atoms with Crippen LogP contribution in [0.3, 0.4) is 0 Å². The molecule has 13 nitrogen and oxygen atoms in total. The number of hydrogen-bond donors (Lipinski definition) is 3. The molecule has 2 aliphatic rings. The number of aromatic amines is 1. The van der Waals surface area contributed by atoms with E-state index in [-0.39, 0.29) is 18.5 Å². The number of urea groups is 1. The van der Waals surface area contributed by atoms with Crippen molar-refractivity contribution in [3.8, 4) is 5.75 Å². The summed E-state index contributed by atoms with van der Waals surface area (Å²) in [5.74, 6) is 0.942. The lowest BCUT2D eigenvalue weighted by Crippen LogP contribution is -2.55. The molecule has 4 amide bonds. The Morgan fingerprint density at radius 1 is 1.12 bits per heavy atom. The highest BCUT2D eigenvalue weighted by Gasteiger charge is 2.42. The van der Waals surface area contributed by atoms with Crippen LogP contribution in [-0.4, -0.2) is 103 Å². The van der Waals surface area contributed by atoms with Crippen LogP contribution < -0.4 is 20.3 Å². The molecule has 3 aromatic rings. The summed E-state index contributed by atoms with van der Waals surface area (Å²) >= 11 is 0. The second-order valence-electron chi connectivity index (χ2n) is 10.7. The van der Waals surface area contributed by atoms with Crippen molar-refractivity contribution in [2.45, 2.75) is 19.8 Å². The lowest BCUT2D eigenvalue weighted by molar-refractivity contribution is -0.126. The van der Waals surface area contributed by atoms with Crippen LogP contribution in [0.2, 0.25) is 0 Å². The van der Waals surface area contributed by atoms with Crippen LogP contribution in [-0.2, 0) is 9.53 Å². The molecule has 0 spiro atoms. The van der Waals surface area contributed by atoms with E-state index in [1.807, 2.05) is 13.1 Å². The summed E-state index contributed by atoms with van der Waals surface area (Å²) in [7, 11) is 3.19. The Morgan fingerprint density at radius 3 is 2.61 bits per heavy atom. The average molecular weight is 565 g/mol. The van der Waals surface area contributed by atoms with Crippen molar-refractivity contribution >= 4 is 40.6 Å². The molecule has 1 aromatic carbocycles. The largest absolute Gasteiger partial charge is 0.414 e. The molecule has 0 atom stereocenters. The Kier molecular flexibility index (Phi) is 8.24. The number of carbonyl (C=O) groups excluding carboxylic acids is 3. The number of benzene rings is 1. The molecule has 3 N–H and O–H groups in total. The van der Waals surface area contributed by atoms with Crippen molar-refractivity contribution in [2.24, 2.45) is 5.41 Å².